The van der Waals surface area contributed by atoms with E-state index in [-0.39, 0.29) is 48.3 Å². The third kappa shape index (κ3) is 3.37. The number of carbonyl (C=O) groups excluding carboxylic acids is 1. The van der Waals surface area contributed by atoms with Gasteiger partial charge in [-0.05, 0) is 37.8 Å². The first-order chi connectivity index (χ1) is 11.2. The molecule has 0 saturated heterocycles. The summed E-state index contributed by atoms with van der Waals surface area (Å²) in [6, 6.07) is 2.70. The number of aromatic amines is 1. The second-order valence-electron chi connectivity index (χ2n) is 6.10. The quantitative estimate of drug-likeness (QED) is 0.783. The fourth-order valence-electron chi connectivity index (χ4n) is 3.11. The Morgan fingerprint density at radius 2 is 1.75 bits per heavy atom. The number of alkyl halides is 3. The normalized spacial score (nSPS) is 21.9. The highest BCUT2D eigenvalue weighted by atomic mass is 19.4. The molecule has 1 aliphatic rings. The first kappa shape index (κ1) is 16.7. The Hall–Kier alpha value is -2.12. The minimum Gasteiger partial charge on any atom is -0.350 e. The Labute approximate surface area is 134 Å². The first-order valence-electron chi connectivity index (χ1n) is 7.59. The van der Waals surface area contributed by atoms with E-state index in [1.54, 1.807) is 0 Å². The molecule has 3 nitrogen and oxygen atoms in total. The predicted octanol–water partition coefficient (Wildman–Crippen LogP) is 4.30. The third-order valence-electron chi connectivity index (χ3n) is 4.42. The molecule has 0 aliphatic heterocycles. The van der Waals surface area contributed by atoms with Gasteiger partial charge < -0.3 is 10.3 Å². The molecule has 1 aliphatic carbocycles. The zero-order valence-corrected chi connectivity index (χ0v) is 12.5. The molecule has 0 unspecified atom stereocenters. The number of fused-ring (bicyclic) bond motifs is 1. The summed E-state index contributed by atoms with van der Waals surface area (Å²) in [7, 11) is 0. The van der Waals surface area contributed by atoms with Gasteiger partial charge in [0.2, 0.25) is 0 Å². The zero-order valence-electron chi connectivity index (χ0n) is 12.5. The Morgan fingerprint density at radius 3 is 2.38 bits per heavy atom. The van der Waals surface area contributed by atoms with E-state index in [2.05, 4.69) is 10.3 Å². The molecule has 24 heavy (non-hydrogen) atoms. The monoisotopic (exact) mass is 346 g/mol. The largest absolute Gasteiger partial charge is 0.391 e. The predicted molar refractivity (Wildman–Crippen MR) is 77.5 cm³/mol. The number of amides is 1. The molecule has 0 radical (unpaired) electrons. The minimum atomic E-state index is -4.20. The topological polar surface area (TPSA) is 44.9 Å². The van der Waals surface area contributed by atoms with E-state index < -0.39 is 29.6 Å². The Balaban J connectivity index is 1.67. The number of hydrogen-bond donors (Lipinski definition) is 2. The highest BCUT2D eigenvalue weighted by Crippen LogP contribution is 2.37. The van der Waals surface area contributed by atoms with Gasteiger partial charge in [0.15, 0.2) is 0 Å². The summed E-state index contributed by atoms with van der Waals surface area (Å²) in [5.74, 6) is -3.41. The maximum absolute atomic E-state index is 13.6. The third-order valence-corrected chi connectivity index (χ3v) is 4.42. The van der Waals surface area contributed by atoms with E-state index in [1.807, 2.05) is 0 Å². The Kier molecular flexibility index (Phi) is 4.23. The van der Waals surface area contributed by atoms with Gasteiger partial charge in [0, 0.05) is 17.5 Å². The van der Waals surface area contributed by atoms with Crippen LogP contribution in [0, 0.1) is 17.6 Å². The van der Waals surface area contributed by atoms with Crippen molar-refractivity contribution in [2.75, 3.05) is 0 Å². The van der Waals surface area contributed by atoms with Gasteiger partial charge >= 0.3 is 6.18 Å². The maximum Gasteiger partial charge on any atom is 0.391 e. The molecule has 0 bridgehead atoms. The Bertz CT molecular complexity index is 760. The van der Waals surface area contributed by atoms with E-state index >= 15 is 0 Å². The van der Waals surface area contributed by atoms with Crippen LogP contribution in [-0.4, -0.2) is 23.1 Å². The van der Waals surface area contributed by atoms with E-state index in [0.717, 1.165) is 12.1 Å². The minimum absolute atomic E-state index is 0.0268. The molecule has 2 N–H and O–H groups in total. The zero-order chi connectivity index (χ0) is 17.5. The van der Waals surface area contributed by atoms with Crippen LogP contribution in [0.5, 0.6) is 0 Å². The second-order valence-corrected chi connectivity index (χ2v) is 6.10. The molecular weight excluding hydrogens is 331 g/mol. The van der Waals surface area contributed by atoms with E-state index in [9.17, 15) is 26.7 Å². The molecule has 8 heteroatoms. The molecular formula is C16H15F5N2O. The fourth-order valence-corrected chi connectivity index (χ4v) is 3.11. The van der Waals surface area contributed by atoms with Gasteiger partial charge in [0.25, 0.3) is 5.91 Å². The van der Waals surface area contributed by atoms with Crippen LogP contribution in [0.3, 0.4) is 0 Å². The van der Waals surface area contributed by atoms with Crippen molar-refractivity contribution in [1.29, 1.82) is 0 Å². The maximum atomic E-state index is 13.6. The molecule has 1 amide bonds. The number of halogens is 5. The summed E-state index contributed by atoms with van der Waals surface area (Å²) >= 11 is 0. The molecule has 2 aromatic rings. The number of carbonyl (C=O) groups is 1. The van der Waals surface area contributed by atoms with E-state index in [1.165, 1.54) is 6.07 Å². The average molecular weight is 346 g/mol. The first-order valence-corrected chi connectivity index (χ1v) is 7.59. The molecule has 1 heterocycles. The van der Waals surface area contributed by atoms with Crippen LogP contribution < -0.4 is 5.32 Å². The second kappa shape index (κ2) is 6.07. The summed E-state index contributed by atoms with van der Waals surface area (Å²) in [6.07, 6.45) is -3.78. The van der Waals surface area contributed by atoms with Crippen molar-refractivity contribution < 1.29 is 26.7 Å². The number of hydrogen-bond acceptors (Lipinski definition) is 1. The van der Waals surface area contributed by atoms with Crippen LogP contribution in [0.4, 0.5) is 22.0 Å². The van der Waals surface area contributed by atoms with Crippen molar-refractivity contribution >= 4 is 16.8 Å². The molecule has 1 fully saturated rings. The number of aromatic nitrogens is 1. The van der Waals surface area contributed by atoms with E-state index in [0.29, 0.717) is 0 Å². The summed E-state index contributed by atoms with van der Waals surface area (Å²) in [6.45, 7) is 0. The van der Waals surface area contributed by atoms with Crippen molar-refractivity contribution in [2.24, 2.45) is 5.92 Å². The van der Waals surface area contributed by atoms with Gasteiger partial charge in [-0.25, -0.2) is 8.78 Å². The smallest absolute Gasteiger partial charge is 0.350 e. The fraction of sp³-hybridized carbons (Fsp3) is 0.438. The van der Waals surface area contributed by atoms with E-state index in [4.69, 9.17) is 0 Å². The van der Waals surface area contributed by atoms with Crippen LogP contribution >= 0.6 is 0 Å². The number of H-pyrrole nitrogens is 1. The highest BCUT2D eigenvalue weighted by Gasteiger charge is 2.41. The van der Waals surface area contributed by atoms with Crippen molar-refractivity contribution in [3.05, 3.63) is 35.5 Å². The molecule has 1 aromatic carbocycles. The lowest BCUT2D eigenvalue weighted by Crippen LogP contribution is -2.40. The number of rotatable bonds is 2. The molecule has 1 saturated carbocycles. The lowest BCUT2D eigenvalue weighted by atomic mass is 9.85. The van der Waals surface area contributed by atoms with Crippen molar-refractivity contribution in [1.82, 2.24) is 10.3 Å². The number of nitrogens with one attached hydrogen (secondary N) is 2. The van der Waals surface area contributed by atoms with Gasteiger partial charge in [0.05, 0.1) is 11.4 Å². The molecule has 1 aromatic heterocycles. The number of benzene rings is 1. The molecule has 0 spiro atoms. The van der Waals surface area contributed by atoms with Crippen LogP contribution in [0.15, 0.2) is 18.2 Å². The van der Waals surface area contributed by atoms with Crippen LogP contribution in [0.2, 0.25) is 0 Å². The lowest BCUT2D eigenvalue weighted by Gasteiger charge is -2.30. The van der Waals surface area contributed by atoms with Gasteiger partial charge in [-0.15, -0.1) is 0 Å². The van der Waals surface area contributed by atoms with Gasteiger partial charge in [-0.2, -0.15) is 13.2 Å². The van der Waals surface area contributed by atoms with Crippen LogP contribution in [-0.2, 0) is 0 Å². The van der Waals surface area contributed by atoms with Gasteiger partial charge in [-0.3, -0.25) is 4.79 Å². The molecule has 130 valence electrons. The highest BCUT2D eigenvalue weighted by molar-refractivity contribution is 5.98. The summed E-state index contributed by atoms with van der Waals surface area (Å²) in [4.78, 5) is 14.8. The summed E-state index contributed by atoms with van der Waals surface area (Å²) < 4.78 is 64.7. The molecule has 3 rings (SSSR count). The summed E-state index contributed by atoms with van der Waals surface area (Å²) in [5.41, 5.74) is 0.200. The molecule has 0 atom stereocenters. The van der Waals surface area contributed by atoms with Crippen LogP contribution in [0.25, 0.3) is 10.9 Å². The average Bonchev–Trinajstić information content (AvgIpc) is 2.91. The summed E-state index contributed by atoms with van der Waals surface area (Å²) in [5, 5.41) is 2.73. The van der Waals surface area contributed by atoms with Crippen molar-refractivity contribution in [2.45, 2.75) is 37.9 Å². The van der Waals surface area contributed by atoms with Crippen molar-refractivity contribution in [3.8, 4) is 0 Å². The van der Waals surface area contributed by atoms with Gasteiger partial charge in [0.1, 0.15) is 17.3 Å². The Morgan fingerprint density at radius 1 is 1.08 bits per heavy atom. The lowest BCUT2D eigenvalue weighted by molar-refractivity contribution is -0.182. The van der Waals surface area contributed by atoms with Crippen molar-refractivity contribution in [3.63, 3.8) is 0 Å². The van der Waals surface area contributed by atoms with Gasteiger partial charge in [-0.1, -0.05) is 0 Å². The standard InChI is InChI=1S/C16H15F5N2O/c17-9-5-12(18)11-7-14(23-13(11)6-9)15(24)22-10-3-1-8(2-4-10)16(19,20)21/h5-8,10,23H,1-4H2,(H,22,24). The SMILES string of the molecule is O=C(NC1CCC(C(F)(F)F)CC1)c1cc2c(F)cc(F)cc2[nH]1. The van der Waals surface area contributed by atoms with Crippen LogP contribution in [0.1, 0.15) is 36.2 Å².